The van der Waals surface area contributed by atoms with Crippen LogP contribution in [0.3, 0.4) is 0 Å². The van der Waals surface area contributed by atoms with Gasteiger partial charge in [0.2, 0.25) is 0 Å². The highest BCUT2D eigenvalue weighted by Crippen LogP contribution is 2.32. The van der Waals surface area contributed by atoms with Crippen molar-refractivity contribution in [2.75, 3.05) is 0 Å². The van der Waals surface area contributed by atoms with Crippen molar-refractivity contribution in [3.05, 3.63) is 67.9 Å². The number of thiophene rings is 1. The summed E-state index contributed by atoms with van der Waals surface area (Å²) in [7, 11) is 0. The molecule has 0 radical (unpaired) electrons. The Morgan fingerprint density at radius 3 is 2.81 bits per heavy atom. The molecule has 0 spiro atoms. The number of halogens is 1. The zero-order valence-electron chi connectivity index (χ0n) is 13.6. The fraction of sp³-hybridized carbons (Fsp3) is 0.176. The fourth-order valence-corrected chi connectivity index (χ4v) is 3.94. The molecule has 1 atom stereocenters. The number of imide groups is 1. The molecule has 1 aliphatic heterocycles. The molecule has 4 heterocycles. The summed E-state index contributed by atoms with van der Waals surface area (Å²) in [6.07, 6.45) is 1.47. The Hall–Kier alpha value is -2.71. The number of amides is 3. The molecule has 132 valence electrons. The zero-order valence-corrected chi connectivity index (χ0v) is 15.2. The van der Waals surface area contributed by atoms with Gasteiger partial charge in [-0.25, -0.2) is 9.78 Å². The van der Waals surface area contributed by atoms with Gasteiger partial charge in [-0.1, -0.05) is 17.7 Å². The number of hydrogen-bond donors (Lipinski definition) is 1. The number of hydrogen-bond acceptors (Lipinski definition) is 5. The van der Waals surface area contributed by atoms with E-state index in [0.717, 1.165) is 9.78 Å². The number of carbonyl (C=O) groups is 2. The zero-order chi connectivity index (χ0) is 18.5. The molecule has 3 aromatic rings. The molecule has 0 bridgehead atoms. The summed E-state index contributed by atoms with van der Waals surface area (Å²) in [6.45, 7) is 1.59. The van der Waals surface area contributed by atoms with Crippen LogP contribution in [0.15, 0.2) is 46.7 Å². The van der Waals surface area contributed by atoms with Crippen LogP contribution >= 0.6 is 22.9 Å². The van der Waals surface area contributed by atoms with Crippen molar-refractivity contribution in [1.29, 1.82) is 0 Å². The van der Waals surface area contributed by atoms with Gasteiger partial charge in [-0.3, -0.25) is 18.9 Å². The van der Waals surface area contributed by atoms with Crippen LogP contribution < -0.4 is 10.9 Å². The average molecular weight is 389 g/mol. The lowest BCUT2D eigenvalue weighted by atomic mass is 10.0. The van der Waals surface area contributed by atoms with Crippen molar-refractivity contribution < 1.29 is 9.59 Å². The van der Waals surface area contributed by atoms with Crippen molar-refractivity contribution >= 4 is 40.5 Å². The number of fused-ring (bicyclic) bond motifs is 1. The molecule has 3 aromatic heterocycles. The van der Waals surface area contributed by atoms with E-state index in [2.05, 4.69) is 10.3 Å². The maximum Gasteiger partial charge on any atom is 0.325 e. The van der Waals surface area contributed by atoms with Gasteiger partial charge in [0.05, 0.1) is 17.3 Å². The highest BCUT2D eigenvalue weighted by atomic mass is 35.5. The summed E-state index contributed by atoms with van der Waals surface area (Å²) >= 11 is 7.29. The monoisotopic (exact) mass is 388 g/mol. The SMILES string of the molecule is CC1(c2cccs2)NC(=O)N(Cc2cc(=O)n3cc(Cl)ccc3n2)C1=O. The first-order valence-corrected chi connectivity index (χ1v) is 9.00. The highest BCUT2D eigenvalue weighted by Gasteiger charge is 2.49. The van der Waals surface area contributed by atoms with E-state index in [1.54, 1.807) is 25.1 Å². The number of nitrogens with one attached hydrogen (secondary N) is 1. The third-order valence-corrected chi connectivity index (χ3v) is 5.60. The van der Waals surface area contributed by atoms with Crippen LogP contribution in [0.5, 0.6) is 0 Å². The average Bonchev–Trinajstić information content (AvgIpc) is 3.20. The second-order valence-electron chi connectivity index (χ2n) is 6.08. The minimum absolute atomic E-state index is 0.0833. The highest BCUT2D eigenvalue weighted by molar-refractivity contribution is 7.10. The number of pyridine rings is 1. The number of rotatable bonds is 3. The number of aromatic nitrogens is 2. The van der Waals surface area contributed by atoms with E-state index < -0.39 is 11.6 Å². The summed E-state index contributed by atoms with van der Waals surface area (Å²) in [4.78, 5) is 43.7. The molecular formula is C17H13ClN4O3S. The Kier molecular flexibility index (Phi) is 3.82. The summed E-state index contributed by atoms with van der Waals surface area (Å²) in [5.74, 6) is -0.372. The molecule has 26 heavy (non-hydrogen) atoms. The summed E-state index contributed by atoms with van der Waals surface area (Å²) in [5, 5.41) is 4.99. The number of nitrogens with zero attached hydrogens (tertiary/aromatic N) is 3. The maximum absolute atomic E-state index is 12.9. The van der Waals surface area contributed by atoms with Crippen molar-refractivity contribution in [2.45, 2.75) is 19.0 Å². The van der Waals surface area contributed by atoms with Gasteiger partial charge in [-0.2, -0.15) is 0 Å². The third kappa shape index (κ3) is 2.58. The van der Waals surface area contributed by atoms with E-state index >= 15 is 0 Å². The molecule has 0 aromatic carbocycles. The Morgan fingerprint density at radius 2 is 2.08 bits per heavy atom. The van der Waals surface area contributed by atoms with E-state index in [1.165, 1.54) is 28.0 Å². The molecular weight excluding hydrogens is 376 g/mol. The largest absolute Gasteiger partial charge is 0.325 e. The molecule has 1 N–H and O–H groups in total. The summed E-state index contributed by atoms with van der Waals surface area (Å²) in [5.41, 5.74) is -0.716. The summed E-state index contributed by atoms with van der Waals surface area (Å²) in [6, 6.07) is 7.64. The summed E-state index contributed by atoms with van der Waals surface area (Å²) < 4.78 is 1.31. The standard InChI is InChI=1S/C17H13ClN4O3S/c1-17(12-3-2-6-26-12)15(24)22(16(25)20-17)9-11-7-14(23)21-8-10(18)4-5-13(21)19-11/h2-8H,9H2,1H3,(H,20,25). The van der Waals surface area contributed by atoms with E-state index in [4.69, 9.17) is 11.6 Å². The third-order valence-electron chi connectivity index (χ3n) is 4.29. The van der Waals surface area contributed by atoms with Crippen LogP contribution in [0, 0.1) is 0 Å². The molecule has 4 rings (SSSR count). The second kappa shape index (κ2) is 5.93. The van der Waals surface area contributed by atoms with Gasteiger partial charge in [0.25, 0.3) is 11.5 Å². The van der Waals surface area contributed by atoms with E-state index in [0.29, 0.717) is 16.4 Å². The van der Waals surface area contributed by atoms with Crippen LogP contribution in [0.4, 0.5) is 4.79 Å². The Morgan fingerprint density at radius 1 is 1.27 bits per heavy atom. The molecule has 1 fully saturated rings. The minimum Gasteiger partial charge on any atom is -0.319 e. The Labute approximate surface area is 156 Å². The Bertz CT molecular complexity index is 1100. The van der Waals surface area contributed by atoms with Crippen LogP contribution in [0.2, 0.25) is 5.02 Å². The van der Waals surface area contributed by atoms with Gasteiger partial charge in [-0.05, 0) is 30.5 Å². The Balaban J connectivity index is 1.68. The molecule has 0 saturated carbocycles. The quantitative estimate of drug-likeness (QED) is 0.698. The normalized spacial score (nSPS) is 20.0. The molecule has 1 aliphatic rings. The lowest BCUT2D eigenvalue weighted by Crippen LogP contribution is -2.40. The molecule has 0 aliphatic carbocycles. The number of urea groups is 1. The van der Waals surface area contributed by atoms with Crippen molar-refractivity contribution in [2.24, 2.45) is 0 Å². The van der Waals surface area contributed by atoms with Crippen LogP contribution in [0.25, 0.3) is 5.65 Å². The topological polar surface area (TPSA) is 83.8 Å². The smallest absolute Gasteiger partial charge is 0.319 e. The minimum atomic E-state index is -1.11. The molecule has 1 unspecified atom stereocenters. The van der Waals surface area contributed by atoms with Gasteiger partial charge < -0.3 is 5.32 Å². The van der Waals surface area contributed by atoms with Crippen LogP contribution in [-0.4, -0.2) is 26.2 Å². The van der Waals surface area contributed by atoms with Gasteiger partial charge in [0.15, 0.2) is 5.54 Å². The molecule has 7 nitrogen and oxygen atoms in total. The predicted octanol–water partition coefficient (Wildman–Crippen LogP) is 2.38. The van der Waals surface area contributed by atoms with Gasteiger partial charge in [0.1, 0.15) is 5.65 Å². The van der Waals surface area contributed by atoms with Gasteiger partial charge in [0, 0.05) is 17.1 Å². The van der Waals surface area contributed by atoms with Crippen LogP contribution in [-0.2, 0) is 16.9 Å². The van der Waals surface area contributed by atoms with Gasteiger partial charge >= 0.3 is 6.03 Å². The number of carbonyl (C=O) groups excluding carboxylic acids is 2. The molecule has 9 heteroatoms. The van der Waals surface area contributed by atoms with Crippen molar-refractivity contribution in [3.8, 4) is 0 Å². The first-order chi connectivity index (χ1) is 12.4. The molecule has 1 saturated heterocycles. The van der Waals surface area contributed by atoms with E-state index in [1.807, 2.05) is 11.4 Å². The van der Waals surface area contributed by atoms with E-state index in [-0.39, 0.29) is 18.0 Å². The first kappa shape index (κ1) is 16.7. The lowest BCUT2D eigenvalue weighted by Gasteiger charge is -2.20. The van der Waals surface area contributed by atoms with Crippen molar-refractivity contribution in [1.82, 2.24) is 19.6 Å². The van der Waals surface area contributed by atoms with Gasteiger partial charge in [-0.15, -0.1) is 11.3 Å². The van der Waals surface area contributed by atoms with Crippen LogP contribution in [0.1, 0.15) is 17.5 Å². The van der Waals surface area contributed by atoms with E-state index in [9.17, 15) is 14.4 Å². The second-order valence-corrected chi connectivity index (χ2v) is 7.47. The fourth-order valence-electron chi connectivity index (χ4n) is 2.94. The predicted molar refractivity (Wildman–Crippen MR) is 97.2 cm³/mol. The maximum atomic E-state index is 12.9. The first-order valence-electron chi connectivity index (χ1n) is 7.74. The molecule has 3 amide bonds. The lowest BCUT2D eigenvalue weighted by molar-refractivity contribution is -0.131. The van der Waals surface area contributed by atoms with Crippen molar-refractivity contribution in [3.63, 3.8) is 0 Å².